The molecule has 0 spiro atoms. The van der Waals surface area contributed by atoms with Gasteiger partial charge in [0.05, 0.1) is 0 Å². The van der Waals surface area contributed by atoms with Gasteiger partial charge in [-0.3, -0.25) is 4.79 Å². The molecule has 30 heavy (non-hydrogen) atoms. The number of primary amides is 1. The summed E-state index contributed by atoms with van der Waals surface area (Å²) in [5, 5.41) is 0. The molecule has 3 heteroatoms. The van der Waals surface area contributed by atoms with Crippen LogP contribution in [0.2, 0.25) is 0 Å². The molecule has 0 fully saturated rings. The number of nitrogens with two attached hydrogens (primary N) is 1. The Morgan fingerprint density at radius 2 is 1.20 bits per heavy atom. The molecule has 0 saturated heterocycles. The van der Waals surface area contributed by atoms with Crippen molar-refractivity contribution in [3.05, 3.63) is 76.4 Å². The van der Waals surface area contributed by atoms with Crippen LogP contribution in [0.5, 0.6) is 0 Å². The van der Waals surface area contributed by atoms with E-state index in [0.717, 1.165) is 44.5 Å². The number of nitrogens with zero attached hydrogens (tertiary/aromatic N) is 1. The maximum atomic E-state index is 11.4. The molecule has 0 saturated carbocycles. The van der Waals surface area contributed by atoms with E-state index < -0.39 is 5.91 Å². The van der Waals surface area contributed by atoms with E-state index in [9.17, 15) is 4.79 Å². The second-order valence-electron chi connectivity index (χ2n) is 8.56. The highest BCUT2D eigenvalue weighted by Gasteiger charge is 2.06. The van der Waals surface area contributed by atoms with E-state index in [2.05, 4.69) is 70.7 Å². The molecule has 3 nitrogen and oxygen atoms in total. The highest BCUT2D eigenvalue weighted by Crippen LogP contribution is 2.17. The number of rotatable bonds is 12. The Morgan fingerprint density at radius 1 is 0.767 bits per heavy atom. The SMILES string of the molecule is CC(C)=CCC/C(C)=C/CN(C/C=C(\C)CCC=C(C)C)c1ccc(C(N)=O)cc1. The topological polar surface area (TPSA) is 46.3 Å². The van der Waals surface area contributed by atoms with Gasteiger partial charge in [-0.1, -0.05) is 46.6 Å². The zero-order valence-electron chi connectivity index (χ0n) is 19.8. The van der Waals surface area contributed by atoms with Crippen LogP contribution in [0.15, 0.2) is 70.9 Å². The van der Waals surface area contributed by atoms with E-state index in [1.165, 1.54) is 22.3 Å². The largest absolute Gasteiger partial charge is 0.366 e. The summed E-state index contributed by atoms with van der Waals surface area (Å²) in [6.45, 7) is 14.7. The van der Waals surface area contributed by atoms with Crippen molar-refractivity contribution in [3.8, 4) is 0 Å². The minimum atomic E-state index is -0.391. The van der Waals surface area contributed by atoms with Crippen LogP contribution in [0.1, 0.15) is 77.6 Å². The predicted octanol–water partition coefficient (Wildman–Crippen LogP) is 6.98. The first-order chi connectivity index (χ1) is 14.2. The zero-order chi connectivity index (χ0) is 22.5. The number of anilines is 1. The molecule has 0 aliphatic rings. The lowest BCUT2D eigenvalue weighted by molar-refractivity contribution is 0.100. The van der Waals surface area contributed by atoms with Crippen LogP contribution in [0, 0.1) is 0 Å². The van der Waals surface area contributed by atoms with Gasteiger partial charge in [-0.15, -0.1) is 0 Å². The lowest BCUT2D eigenvalue weighted by Crippen LogP contribution is -2.24. The van der Waals surface area contributed by atoms with Crippen LogP contribution in [0.4, 0.5) is 5.69 Å². The van der Waals surface area contributed by atoms with E-state index in [4.69, 9.17) is 5.73 Å². The molecule has 1 aromatic carbocycles. The fourth-order valence-electron chi connectivity index (χ4n) is 3.04. The van der Waals surface area contributed by atoms with Gasteiger partial charge in [-0.2, -0.15) is 0 Å². The molecule has 0 aliphatic carbocycles. The molecule has 0 aliphatic heterocycles. The van der Waals surface area contributed by atoms with Gasteiger partial charge in [0.1, 0.15) is 0 Å². The third-order valence-corrected chi connectivity index (χ3v) is 5.02. The molecule has 164 valence electrons. The first kappa shape index (κ1) is 25.5. The van der Waals surface area contributed by atoms with Gasteiger partial charge < -0.3 is 10.6 Å². The lowest BCUT2D eigenvalue weighted by Gasteiger charge is -2.23. The molecular weight excluding hydrogens is 368 g/mol. The van der Waals surface area contributed by atoms with E-state index >= 15 is 0 Å². The van der Waals surface area contributed by atoms with Gasteiger partial charge in [-0.05, 0) is 91.5 Å². The summed E-state index contributed by atoms with van der Waals surface area (Å²) in [7, 11) is 0. The Hall–Kier alpha value is -2.55. The molecule has 0 atom stereocenters. The molecule has 0 radical (unpaired) electrons. The Morgan fingerprint density at radius 3 is 1.57 bits per heavy atom. The van der Waals surface area contributed by atoms with Crippen molar-refractivity contribution >= 4 is 11.6 Å². The zero-order valence-corrected chi connectivity index (χ0v) is 19.8. The molecule has 1 rings (SSSR count). The van der Waals surface area contributed by atoms with Gasteiger partial charge in [0.15, 0.2) is 0 Å². The van der Waals surface area contributed by atoms with Crippen molar-refractivity contribution in [1.82, 2.24) is 0 Å². The van der Waals surface area contributed by atoms with Crippen LogP contribution < -0.4 is 10.6 Å². The minimum absolute atomic E-state index is 0.391. The van der Waals surface area contributed by atoms with E-state index in [0.29, 0.717) is 5.56 Å². The molecule has 0 unspecified atom stereocenters. The van der Waals surface area contributed by atoms with E-state index in [1.54, 1.807) is 12.1 Å². The summed E-state index contributed by atoms with van der Waals surface area (Å²) in [5.74, 6) is -0.391. The van der Waals surface area contributed by atoms with Crippen LogP contribution in [0.3, 0.4) is 0 Å². The first-order valence-electron chi connectivity index (χ1n) is 10.9. The third-order valence-electron chi connectivity index (χ3n) is 5.02. The fraction of sp³-hybridized carbons (Fsp3) is 0.444. The van der Waals surface area contributed by atoms with Gasteiger partial charge in [0.2, 0.25) is 5.91 Å². The Bertz CT molecular complexity index is 747. The van der Waals surface area contributed by atoms with Crippen LogP contribution in [-0.4, -0.2) is 19.0 Å². The fourth-order valence-corrected chi connectivity index (χ4v) is 3.04. The second kappa shape index (κ2) is 13.6. The molecule has 1 amide bonds. The average molecular weight is 409 g/mol. The van der Waals surface area contributed by atoms with Crippen molar-refractivity contribution in [3.63, 3.8) is 0 Å². The molecule has 2 N–H and O–H groups in total. The summed E-state index contributed by atoms with van der Waals surface area (Å²) in [6.07, 6.45) is 13.5. The van der Waals surface area contributed by atoms with Crippen LogP contribution in [0.25, 0.3) is 0 Å². The maximum Gasteiger partial charge on any atom is 0.248 e. The van der Waals surface area contributed by atoms with E-state index in [-0.39, 0.29) is 0 Å². The van der Waals surface area contributed by atoms with Crippen molar-refractivity contribution in [2.75, 3.05) is 18.0 Å². The third kappa shape index (κ3) is 10.8. The highest BCUT2D eigenvalue weighted by atomic mass is 16.1. The second-order valence-corrected chi connectivity index (χ2v) is 8.56. The maximum absolute atomic E-state index is 11.4. The number of benzene rings is 1. The Kier molecular flexibility index (Phi) is 11.6. The minimum Gasteiger partial charge on any atom is -0.366 e. The highest BCUT2D eigenvalue weighted by molar-refractivity contribution is 5.93. The summed E-state index contributed by atoms with van der Waals surface area (Å²) in [5.41, 5.74) is 12.6. The first-order valence-corrected chi connectivity index (χ1v) is 10.9. The molecule has 0 bridgehead atoms. The number of hydrogen-bond donors (Lipinski definition) is 1. The summed E-state index contributed by atoms with van der Waals surface area (Å²) in [6, 6.07) is 7.58. The van der Waals surface area contributed by atoms with E-state index in [1.807, 2.05) is 12.1 Å². The van der Waals surface area contributed by atoms with Gasteiger partial charge in [0.25, 0.3) is 0 Å². The summed E-state index contributed by atoms with van der Waals surface area (Å²) >= 11 is 0. The molecule has 0 aromatic heterocycles. The molecule has 0 heterocycles. The number of amides is 1. The predicted molar refractivity (Wildman–Crippen MR) is 132 cm³/mol. The van der Waals surface area contributed by atoms with Gasteiger partial charge in [-0.25, -0.2) is 0 Å². The Balaban J connectivity index is 2.89. The normalized spacial score (nSPS) is 11.8. The summed E-state index contributed by atoms with van der Waals surface area (Å²) < 4.78 is 0. The number of hydrogen-bond acceptors (Lipinski definition) is 2. The number of carbonyl (C=O) groups excluding carboxylic acids is 1. The van der Waals surface area contributed by atoms with Crippen molar-refractivity contribution in [2.24, 2.45) is 5.73 Å². The standard InChI is InChI=1S/C27H40N2O/c1-21(2)9-7-11-23(5)17-19-29(20-18-24(6)12-8-10-22(3)4)26-15-13-25(14-16-26)27(28)30/h9-10,13-18H,7-8,11-12,19-20H2,1-6H3,(H2,28,30)/b23-17+,24-18+. The quantitative estimate of drug-likeness (QED) is 0.379. The van der Waals surface area contributed by atoms with Crippen molar-refractivity contribution < 1.29 is 4.79 Å². The molecular formula is C27H40N2O. The van der Waals surface area contributed by atoms with Crippen LogP contribution in [-0.2, 0) is 0 Å². The number of allylic oxidation sites excluding steroid dienone is 6. The van der Waals surface area contributed by atoms with Crippen LogP contribution >= 0.6 is 0 Å². The average Bonchev–Trinajstić information content (AvgIpc) is 2.67. The number of carbonyl (C=O) groups is 1. The molecule has 1 aromatic rings. The summed E-state index contributed by atoms with van der Waals surface area (Å²) in [4.78, 5) is 13.7. The van der Waals surface area contributed by atoms with Gasteiger partial charge >= 0.3 is 0 Å². The Labute approximate surface area is 184 Å². The lowest BCUT2D eigenvalue weighted by atomic mass is 10.1. The van der Waals surface area contributed by atoms with Gasteiger partial charge in [0, 0.05) is 24.3 Å². The monoisotopic (exact) mass is 408 g/mol. The smallest absolute Gasteiger partial charge is 0.248 e. The van der Waals surface area contributed by atoms with Crippen molar-refractivity contribution in [2.45, 2.75) is 67.2 Å². The van der Waals surface area contributed by atoms with Crippen molar-refractivity contribution in [1.29, 1.82) is 0 Å².